The standard InChI is InChI=1S/C8H10BrNO2S/c1-5-10-6(8(9)13-5)3-2-4-7(11)12/h2-4H2,1H3,(H,11,12). The molecule has 1 N–H and O–H groups in total. The molecule has 72 valence electrons. The third-order valence-electron chi connectivity index (χ3n) is 1.56. The number of rotatable bonds is 4. The number of halogens is 1. The molecule has 3 nitrogen and oxygen atoms in total. The van der Waals surface area contributed by atoms with Gasteiger partial charge in [-0.2, -0.15) is 0 Å². The van der Waals surface area contributed by atoms with Crippen molar-refractivity contribution in [3.05, 3.63) is 14.5 Å². The van der Waals surface area contributed by atoms with E-state index in [4.69, 9.17) is 5.11 Å². The van der Waals surface area contributed by atoms with Gasteiger partial charge in [0, 0.05) is 6.42 Å². The van der Waals surface area contributed by atoms with Crippen molar-refractivity contribution in [2.75, 3.05) is 0 Å². The largest absolute Gasteiger partial charge is 0.481 e. The summed E-state index contributed by atoms with van der Waals surface area (Å²) in [5.41, 5.74) is 0.976. The normalized spacial score (nSPS) is 10.3. The Labute approximate surface area is 88.9 Å². The zero-order valence-corrected chi connectivity index (χ0v) is 9.61. The molecule has 0 aliphatic heterocycles. The molecule has 0 atom stereocenters. The maximum absolute atomic E-state index is 10.3. The molecule has 1 heterocycles. The molecule has 0 aliphatic rings. The fourth-order valence-corrected chi connectivity index (χ4v) is 2.68. The van der Waals surface area contributed by atoms with Gasteiger partial charge < -0.3 is 5.11 Å². The summed E-state index contributed by atoms with van der Waals surface area (Å²) < 4.78 is 1.02. The van der Waals surface area contributed by atoms with Gasteiger partial charge >= 0.3 is 5.97 Å². The average Bonchev–Trinajstić information content (AvgIpc) is 2.29. The molecule has 1 aromatic heterocycles. The quantitative estimate of drug-likeness (QED) is 0.909. The summed E-state index contributed by atoms with van der Waals surface area (Å²) in [5, 5.41) is 9.45. The molecule has 0 saturated heterocycles. The number of carbonyl (C=O) groups is 1. The number of nitrogens with zero attached hydrogens (tertiary/aromatic N) is 1. The van der Waals surface area contributed by atoms with Crippen LogP contribution in [0.5, 0.6) is 0 Å². The summed E-state index contributed by atoms with van der Waals surface area (Å²) in [6.45, 7) is 1.94. The van der Waals surface area contributed by atoms with Crippen LogP contribution < -0.4 is 0 Å². The van der Waals surface area contributed by atoms with Crippen molar-refractivity contribution >= 4 is 33.2 Å². The molecule has 0 fully saturated rings. The number of aromatic nitrogens is 1. The Kier molecular flexibility index (Phi) is 3.87. The van der Waals surface area contributed by atoms with Crippen LogP contribution in [0.1, 0.15) is 23.5 Å². The Morgan fingerprint density at radius 3 is 2.85 bits per heavy atom. The van der Waals surface area contributed by atoms with E-state index in [2.05, 4.69) is 20.9 Å². The molecule has 1 aromatic rings. The second-order valence-electron chi connectivity index (χ2n) is 2.70. The zero-order valence-electron chi connectivity index (χ0n) is 7.21. The lowest BCUT2D eigenvalue weighted by molar-refractivity contribution is -0.137. The molecule has 0 unspecified atom stereocenters. The fourth-order valence-electron chi connectivity index (χ4n) is 1.01. The molecule has 0 amide bonds. The van der Waals surface area contributed by atoms with E-state index in [0.717, 1.165) is 20.9 Å². The first kappa shape index (κ1) is 10.7. The summed E-state index contributed by atoms with van der Waals surface area (Å²) in [6, 6.07) is 0. The topological polar surface area (TPSA) is 50.2 Å². The average molecular weight is 264 g/mol. The second-order valence-corrected chi connectivity index (χ2v) is 5.22. The van der Waals surface area contributed by atoms with Crippen LogP contribution in [0.4, 0.5) is 0 Å². The molecule has 1 rings (SSSR count). The summed E-state index contributed by atoms with van der Waals surface area (Å²) in [7, 11) is 0. The van der Waals surface area contributed by atoms with Gasteiger partial charge in [-0.1, -0.05) is 0 Å². The molecular formula is C8H10BrNO2S. The Morgan fingerprint density at radius 1 is 1.69 bits per heavy atom. The minimum absolute atomic E-state index is 0.211. The van der Waals surface area contributed by atoms with Crippen molar-refractivity contribution in [1.29, 1.82) is 0 Å². The first-order valence-electron chi connectivity index (χ1n) is 3.93. The van der Waals surface area contributed by atoms with E-state index in [1.54, 1.807) is 11.3 Å². The van der Waals surface area contributed by atoms with Gasteiger partial charge in [0.15, 0.2) is 0 Å². The van der Waals surface area contributed by atoms with E-state index < -0.39 is 5.97 Å². The van der Waals surface area contributed by atoms with Gasteiger partial charge in [-0.25, -0.2) is 4.98 Å². The highest BCUT2D eigenvalue weighted by molar-refractivity contribution is 9.11. The lowest BCUT2D eigenvalue weighted by Gasteiger charge is -1.94. The van der Waals surface area contributed by atoms with Crippen LogP contribution in [0.3, 0.4) is 0 Å². The Bertz CT molecular complexity index is 311. The number of aliphatic carboxylic acids is 1. The van der Waals surface area contributed by atoms with E-state index >= 15 is 0 Å². The van der Waals surface area contributed by atoms with Crippen LogP contribution >= 0.6 is 27.3 Å². The maximum Gasteiger partial charge on any atom is 0.303 e. The Balaban J connectivity index is 2.45. The first-order chi connectivity index (χ1) is 6.09. The minimum atomic E-state index is -0.747. The molecule has 0 spiro atoms. The number of hydrogen-bond acceptors (Lipinski definition) is 3. The smallest absolute Gasteiger partial charge is 0.303 e. The SMILES string of the molecule is Cc1nc(CCCC(=O)O)c(Br)s1. The minimum Gasteiger partial charge on any atom is -0.481 e. The fraction of sp³-hybridized carbons (Fsp3) is 0.500. The number of carboxylic acids is 1. The third-order valence-corrected chi connectivity index (χ3v) is 3.31. The zero-order chi connectivity index (χ0) is 9.84. The van der Waals surface area contributed by atoms with Gasteiger partial charge in [-0.15, -0.1) is 11.3 Å². The molecule has 13 heavy (non-hydrogen) atoms. The van der Waals surface area contributed by atoms with Crippen molar-refractivity contribution in [2.45, 2.75) is 26.2 Å². The van der Waals surface area contributed by atoms with Gasteiger partial charge in [-0.3, -0.25) is 4.79 Å². The van der Waals surface area contributed by atoms with E-state index in [-0.39, 0.29) is 6.42 Å². The number of hydrogen-bond donors (Lipinski definition) is 1. The molecule has 0 saturated carbocycles. The van der Waals surface area contributed by atoms with E-state index in [1.807, 2.05) is 6.92 Å². The van der Waals surface area contributed by atoms with Crippen molar-refractivity contribution in [1.82, 2.24) is 4.98 Å². The van der Waals surface area contributed by atoms with E-state index in [1.165, 1.54) is 0 Å². The van der Waals surface area contributed by atoms with Crippen LogP contribution in [-0.4, -0.2) is 16.1 Å². The molecule has 5 heteroatoms. The molecule has 0 bridgehead atoms. The highest BCUT2D eigenvalue weighted by atomic mass is 79.9. The van der Waals surface area contributed by atoms with Gasteiger partial charge in [0.25, 0.3) is 0 Å². The van der Waals surface area contributed by atoms with Gasteiger partial charge in [0.2, 0.25) is 0 Å². The highest BCUT2D eigenvalue weighted by Gasteiger charge is 2.06. The Hall–Kier alpha value is -0.420. The van der Waals surface area contributed by atoms with Crippen LogP contribution in [-0.2, 0) is 11.2 Å². The van der Waals surface area contributed by atoms with Crippen LogP contribution in [0.15, 0.2) is 3.79 Å². The van der Waals surface area contributed by atoms with Gasteiger partial charge in [-0.05, 0) is 35.7 Å². The molecular weight excluding hydrogens is 254 g/mol. The molecule has 0 aromatic carbocycles. The van der Waals surface area contributed by atoms with Crippen LogP contribution in [0, 0.1) is 6.92 Å². The number of carboxylic acid groups (broad SMARTS) is 1. The molecule has 0 radical (unpaired) electrons. The Morgan fingerprint density at radius 2 is 2.38 bits per heavy atom. The van der Waals surface area contributed by atoms with E-state index in [9.17, 15) is 4.79 Å². The summed E-state index contributed by atoms with van der Waals surface area (Å²) >= 11 is 4.98. The predicted molar refractivity (Wildman–Crippen MR) is 55.1 cm³/mol. The molecule has 0 aliphatic carbocycles. The van der Waals surface area contributed by atoms with Gasteiger partial charge in [0.1, 0.15) is 0 Å². The van der Waals surface area contributed by atoms with Crippen molar-refractivity contribution in [3.8, 4) is 0 Å². The summed E-state index contributed by atoms with van der Waals surface area (Å²) in [6.07, 6.45) is 1.59. The van der Waals surface area contributed by atoms with Crippen LogP contribution in [0.2, 0.25) is 0 Å². The summed E-state index contributed by atoms with van der Waals surface area (Å²) in [4.78, 5) is 14.5. The first-order valence-corrected chi connectivity index (χ1v) is 5.54. The maximum atomic E-state index is 10.3. The predicted octanol–water partition coefficient (Wildman–Crippen LogP) is 2.62. The van der Waals surface area contributed by atoms with Crippen molar-refractivity contribution in [2.24, 2.45) is 0 Å². The number of aryl methyl sites for hydroxylation is 2. The summed E-state index contributed by atoms with van der Waals surface area (Å²) in [5.74, 6) is -0.747. The second kappa shape index (κ2) is 4.72. The van der Waals surface area contributed by atoms with Crippen molar-refractivity contribution < 1.29 is 9.90 Å². The lowest BCUT2D eigenvalue weighted by atomic mass is 10.2. The third kappa shape index (κ3) is 3.44. The van der Waals surface area contributed by atoms with Crippen molar-refractivity contribution in [3.63, 3.8) is 0 Å². The van der Waals surface area contributed by atoms with Crippen LogP contribution in [0.25, 0.3) is 0 Å². The highest BCUT2D eigenvalue weighted by Crippen LogP contribution is 2.25. The van der Waals surface area contributed by atoms with Gasteiger partial charge in [0.05, 0.1) is 14.5 Å². The van der Waals surface area contributed by atoms with E-state index in [0.29, 0.717) is 6.42 Å². The number of thiazole rings is 1. The lowest BCUT2D eigenvalue weighted by Crippen LogP contribution is -1.96. The monoisotopic (exact) mass is 263 g/mol.